The van der Waals surface area contributed by atoms with Gasteiger partial charge in [0.1, 0.15) is 0 Å². The van der Waals surface area contributed by atoms with Gasteiger partial charge in [-0.1, -0.05) is 0 Å². The first-order valence-electron chi connectivity index (χ1n) is 4.79. The predicted molar refractivity (Wildman–Crippen MR) is 58.2 cm³/mol. The summed E-state index contributed by atoms with van der Waals surface area (Å²) < 4.78 is 8.67. The molecule has 0 fully saturated rings. The summed E-state index contributed by atoms with van der Waals surface area (Å²) in [5.41, 5.74) is 4.19. The standard InChI is InChI=1S/C10H9N3OSe/c1-6(14)13-3-2-7-4-8-9(5-10(7)13)12-15-11-8/h4-5H,2-3H2,1H3. The van der Waals surface area contributed by atoms with Gasteiger partial charge in [0.05, 0.1) is 0 Å². The number of hydrogen-bond acceptors (Lipinski definition) is 3. The van der Waals surface area contributed by atoms with Crippen LogP contribution in [0.25, 0.3) is 11.0 Å². The van der Waals surface area contributed by atoms with Crippen molar-refractivity contribution >= 4 is 37.6 Å². The van der Waals surface area contributed by atoms with Gasteiger partial charge < -0.3 is 0 Å². The molecule has 0 atom stereocenters. The molecule has 0 saturated carbocycles. The molecule has 0 radical (unpaired) electrons. The molecule has 1 aliphatic rings. The van der Waals surface area contributed by atoms with Crippen LogP contribution in [0.4, 0.5) is 5.69 Å². The van der Waals surface area contributed by atoms with Crippen molar-refractivity contribution in [2.45, 2.75) is 13.3 Å². The zero-order valence-corrected chi connectivity index (χ0v) is 9.94. The van der Waals surface area contributed by atoms with Gasteiger partial charge in [-0.15, -0.1) is 0 Å². The topological polar surface area (TPSA) is 46.1 Å². The van der Waals surface area contributed by atoms with E-state index in [1.54, 1.807) is 6.92 Å². The normalized spacial score (nSPS) is 14.6. The van der Waals surface area contributed by atoms with Gasteiger partial charge in [0.15, 0.2) is 0 Å². The average Bonchev–Trinajstić information content (AvgIpc) is 2.77. The summed E-state index contributed by atoms with van der Waals surface area (Å²) in [6.45, 7) is 2.40. The molecule has 1 aliphatic heterocycles. The van der Waals surface area contributed by atoms with Crippen LogP contribution in [-0.4, -0.2) is 35.4 Å². The summed E-state index contributed by atoms with van der Waals surface area (Å²) in [6.07, 6.45) is 0.935. The van der Waals surface area contributed by atoms with E-state index in [4.69, 9.17) is 0 Å². The molecule has 5 heteroatoms. The molecule has 1 amide bonds. The van der Waals surface area contributed by atoms with Crippen LogP contribution >= 0.6 is 0 Å². The molecule has 1 aromatic heterocycles. The third kappa shape index (κ3) is 1.31. The fraction of sp³-hybridized carbons (Fsp3) is 0.300. The monoisotopic (exact) mass is 267 g/mol. The fourth-order valence-electron chi connectivity index (χ4n) is 1.99. The summed E-state index contributed by atoms with van der Waals surface area (Å²) in [4.78, 5) is 13.2. The zero-order valence-electron chi connectivity index (χ0n) is 8.23. The van der Waals surface area contributed by atoms with Gasteiger partial charge in [0.2, 0.25) is 0 Å². The van der Waals surface area contributed by atoms with E-state index in [1.165, 1.54) is 5.56 Å². The van der Waals surface area contributed by atoms with Crippen LogP contribution in [0, 0.1) is 0 Å². The van der Waals surface area contributed by atoms with Gasteiger partial charge in [-0.2, -0.15) is 0 Å². The Bertz CT molecular complexity index is 549. The van der Waals surface area contributed by atoms with E-state index in [0.717, 1.165) is 29.7 Å². The molecule has 0 unspecified atom stereocenters. The summed E-state index contributed by atoms with van der Waals surface area (Å²) >= 11 is 0.0124. The molecule has 15 heavy (non-hydrogen) atoms. The maximum atomic E-state index is 11.4. The molecule has 76 valence electrons. The Morgan fingerprint density at radius 3 is 2.87 bits per heavy atom. The zero-order chi connectivity index (χ0) is 10.4. The van der Waals surface area contributed by atoms with E-state index < -0.39 is 0 Å². The van der Waals surface area contributed by atoms with Crippen molar-refractivity contribution in [2.75, 3.05) is 11.4 Å². The van der Waals surface area contributed by atoms with Crippen molar-refractivity contribution in [3.05, 3.63) is 17.7 Å². The number of amides is 1. The number of anilines is 1. The number of rotatable bonds is 0. The third-order valence-electron chi connectivity index (χ3n) is 2.73. The molecule has 0 N–H and O–H groups in total. The van der Waals surface area contributed by atoms with E-state index in [2.05, 4.69) is 14.0 Å². The Morgan fingerprint density at radius 2 is 2.13 bits per heavy atom. The van der Waals surface area contributed by atoms with E-state index in [-0.39, 0.29) is 20.9 Å². The first-order chi connectivity index (χ1) is 7.25. The second-order valence-corrected chi connectivity index (χ2v) is 4.76. The van der Waals surface area contributed by atoms with Gasteiger partial charge in [-0.25, -0.2) is 0 Å². The SMILES string of the molecule is CC(=O)N1CCc2cc3n[se]nc3cc21. The van der Waals surface area contributed by atoms with Crippen molar-refractivity contribution in [3.8, 4) is 0 Å². The minimum atomic E-state index is 0.0124. The molecule has 3 rings (SSSR count). The average molecular weight is 266 g/mol. The van der Waals surface area contributed by atoms with Gasteiger partial charge in [0, 0.05) is 0 Å². The van der Waals surface area contributed by atoms with Gasteiger partial charge in [-0.3, -0.25) is 0 Å². The maximum absolute atomic E-state index is 11.4. The molecule has 0 spiro atoms. The number of carbonyl (C=O) groups excluding carboxylic acids is 1. The molecular formula is C10H9N3OSe. The van der Waals surface area contributed by atoms with Crippen LogP contribution in [0.1, 0.15) is 12.5 Å². The Kier molecular flexibility index (Phi) is 1.90. The summed E-state index contributed by atoms with van der Waals surface area (Å²) in [6, 6.07) is 4.07. The summed E-state index contributed by atoms with van der Waals surface area (Å²) in [5, 5.41) is 0. The first kappa shape index (κ1) is 9.07. The minimum absolute atomic E-state index is 0.0124. The molecule has 4 nitrogen and oxygen atoms in total. The van der Waals surface area contributed by atoms with Gasteiger partial charge in [-0.05, 0) is 0 Å². The van der Waals surface area contributed by atoms with Gasteiger partial charge >= 0.3 is 92.8 Å². The van der Waals surface area contributed by atoms with Crippen molar-refractivity contribution < 1.29 is 4.79 Å². The van der Waals surface area contributed by atoms with Crippen molar-refractivity contribution in [2.24, 2.45) is 0 Å². The number of hydrogen-bond donors (Lipinski definition) is 0. The molecule has 2 heterocycles. The first-order valence-corrected chi connectivity index (χ1v) is 6.32. The Labute approximate surface area is 93.1 Å². The van der Waals surface area contributed by atoms with E-state index >= 15 is 0 Å². The van der Waals surface area contributed by atoms with Gasteiger partial charge in [0.25, 0.3) is 0 Å². The van der Waals surface area contributed by atoms with E-state index in [1.807, 2.05) is 11.0 Å². The molecule has 0 saturated heterocycles. The number of fused-ring (bicyclic) bond motifs is 2. The van der Waals surface area contributed by atoms with Crippen LogP contribution in [0.3, 0.4) is 0 Å². The van der Waals surface area contributed by atoms with Crippen LogP contribution < -0.4 is 4.90 Å². The van der Waals surface area contributed by atoms with Crippen LogP contribution in [0.15, 0.2) is 12.1 Å². The second-order valence-electron chi connectivity index (χ2n) is 3.65. The molecule has 0 bridgehead atoms. The molecule has 0 aliphatic carbocycles. The quantitative estimate of drug-likeness (QED) is 0.656. The van der Waals surface area contributed by atoms with Crippen LogP contribution in [0.2, 0.25) is 0 Å². The number of benzene rings is 1. The fourth-order valence-corrected chi connectivity index (χ4v) is 3.06. The second kappa shape index (κ2) is 3.15. The van der Waals surface area contributed by atoms with E-state index in [0.29, 0.717) is 0 Å². The molecule has 1 aromatic carbocycles. The van der Waals surface area contributed by atoms with Crippen molar-refractivity contribution in [1.29, 1.82) is 0 Å². The summed E-state index contributed by atoms with van der Waals surface area (Å²) in [5.74, 6) is 0.106. The van der Waals surface area contributed by atoms with Crippen molar-refractivity contribution in [1.82, 2.24) is 7.96 Å². The number of aromatic nitrogens is 2. The Hall–Kier alpha value is -1.19. The van der Waals surface area contributed by atoms with Crippen molar-refractivity contribution in [3.63, 3.8) is 0 Å². The summed E-state index contributed by atoms with van der Waals surface area (Å²) in [7, 11) is 0. The number of nitrogens with zero attached hydrogens (tertiary/aromatic N) is 3. The van der Waals surface area contributed by atoms with Crippen LogP contribution in [0.5, 0.6) is 0 Å². The predicted octanol–water partition coefficient (Wildman–Crippen LogP) is 0.596. The molecule has 2 aromatic rings. The Balaban J connectivity index is 2.22. The third-order valence-corrected chi connectivity index (χ3v) is 3.90. The van der Waals surface area contributed by atoms with E-state index in [9.17, 15) is 4.79 Å². The number of carbonyl (C=O) groups is 1. The Morgan fingerprint density at radius 1 is 1.40 bits per heavy atom. The molecular weight excluding hydrogens is 257 g/mol. The van der Waals surface area contributed by atoms with Crippen LogP contribution in [-0.2, 0) is 11.2 Å².